The van der Waals surface area contributed by atoms with Crippen LogP contribution in [0.25, 0.3) is 0 Å². The molecule has 21 heavy (non-hydrogen) atoms. The van der Waals surface area contributed by atoms with Crippen molar-refractivity contribution in [3.63, 3.8) is 0 Å². The minimum Gasteiger partial charge on any atom is -0.287 e. The first-order valence-electron chi connectivity index (χ1n) is 7.74. The van der Waals surface area contributed by atoms with E-state index < -0.39 is 0 Å². The van der Waals surface area contributed by atoms with E-state index in [1.54, 1.807) is 0 Å². The summed E-state index contributed by atoms with van der Waals surface area (Å²) < 4.78 is 0. The lowest BCUT2D eigenvalue weighted by molar-refractivity contribution is 0.103. The zero-order valence-corrected chi connectivity index (χ0v) is 13.1. The fourth-order valence-corrected chi connectivity index (χ4v) is 2.89. The van der Waals surface area contributed by atoms with Crippen LogP contribution in [0.15, 0.2) is 48.5 Å². The average molecular weight is 281 g/mol. The van der Waals surface area contributed by atoms with Gasteiger partial charge in [0.05, 0.1) is 0 Å². The van der Waals surface area contributed by atoms with E-state index >= 15 is 0 Å². The normalized spacial score (nSPS) is 11.4. The standard InChI is InChI=1S/C19H23NO/c1-4-19(5-2,6-3)17-14-10-13-16(20-17)18(21)15-11-8-7-9-12-15/h7-14H,4-6H2,1-3H3. The Morgan fingerprint density at radius 2 is 1.52 bits per heavy atom. The van der Waals surface area contributed by atoms with Crippen LogP contribution < -0.4 is 0 Å². The number of aromatic nitrogens is 1. The van der Waals surface area contributed by atoms with Crippen LogP contribution in [0.1, 0.15) is 61.8 Å². The maximum atomic E-state index is 12.5. The van der Waals surface area contributed by atoms with E-state index in [4.69, 9.17) is 0 Å². The largest absolute Gasteiger partial charge is 0.287 e. The molecular weight excluding hydrogens is 258 g/mol. The summed E-state index contributed by atoms with van der Waals surface area (Å²) in [5, 5.41) is 0. The number of hydrogen-bond acceptors (Lipinski definition) is 2. The number of carbonyl (C=O) groups excluding carboxylic acids is 1. The number of carbonyl (C=O) groups is 1. The molecule has 2 heteroatoms. The fraction of sp³-hybridized carbons (Fsp3) is 0.368. The number of hydrogen-bond donors (Lipinski definition) is 0. The second kappa shape index (κ2) is 6.66. The first-order chi connectivity index (χ1) is 10.2. The van der Waals surface area contributed by atoms with Gasteiger partial charge in [-0.1, -0.05) is 57.2 Å². The highest BCUT2D eigenvalue weighted by molar-refractivity contribution is 6.07. The van der Waals surface area contributed by atoms with Gasteiger partial charge >= 0.3 is 0 Å². The smallest absolute Gasteiger partial charge is 0.211 e. The van der Waals surface area contributed by atoms with Gasteiger partial charge in [-0.2, -0.15) is 0 Å². The Balaban J connectivity index is 2.40. The van der Waals surface area contributed by atoms with Crippen molar-refractivity contribution >= 4 is 5.78 Å². The molecular formula is C19H23NO. The summed E-state index contributed by atoms with van der Waals surface area (Å²) in [6.45, 7) is 6.58. The van der Waals surface area contributed by atoms with Crippen molar-refractivity contribution in [1.82, 2.24) is 4.98 Å². The van der Waals surface area contributed by atoms with E-state index in [0.717, 1.165) is 25.0 Å². The van der Waals surface area contributed by atoms with Crippen molar-refractivity contribution in [1.29, 1.82) is 0 Å². The summed E-state index contributed by atoms with van der Waals surface area (Å²) >= 11 is 0. The molecule has 0 amide bonds. The molecule has 1 aromatic heterocycles. The van der Waals surface area contributed by atoms with Gasteiger partial charge in [0.15, 0.2) is 0 Å². The Kier molecular flexibility index (Phi) is 4.89. The maximum absolute atomic E-state index is 12.5. The van der Waals surface area contributed by atoms with Crippen LogP contribution in [0.5, 0.6) is 0 Å². The van der Waals surface area contributed by atoms with Crippen LogP contribution in [0.2, 0.25) is 0 Å². The quantitative estimate of drug-likeness (QED) is 0.713. The summed E-state index contributed by atoms with van der Waals surface area (Å²) in [5.74, 6) is -0.00495. The lowest BCUT2D eigenvalue weighted by Crippen LogP contribution is -2.25. The Bertz CT molecular complexity index is 592. The third-order valence-electron chi connectivity index (χ3n) is 4.59. The first-order valence-corrected chi connectivity index (χ1v) is 7.74. The van der Waals surface area contributed by atoms with Crippen LogP contribution in [-0.4, -0.2) is 10.8 Å². The van der Waals surface area contributed by atoms with Gasteiger partial charge in [0.1, 0.15) is 5.69 Å². The molecule has 0 aliphatic heterocycles. The van der Waals surface area contributed by atoms with Gasteiger partial charge in [0, 0.05) is 16.7 Å². The van der Waals surface area contributed by atoms with Crippen molar-refractivity contribution in [2.75, 3.05) is 0 Å². The topological polar surface area (TPSA) is 30.0 Å². The van der Waals surface area contributed by atoms with Crippen molar-refractivity contribution in [2.45, 2.75) is 45.4 Å². The molecule has 1 aromatic carbocycles. The molecule has 0 saturated carbocycles. The lowest BCUT2D eigenvalue weighted by Gasteiger charge is -2.30. The third kappa shape index (κ3) is 3.05. The van der Waals surface area contributed by atoms with Crippen molar-refractivity contribution in [3.05, 3.63) is 65.5 Å². The second-order valence-electron chi connectivity index (χ2n) is 5.44. The van der Waals surface area contributed by atoms with E-state index in [-0.39, 0.29) is 11.2 Å². The molecule has 0 aliphatic carbocycles. The molecule has 0 saturated heterocycles. The molecule has 0 unspecified atom stereocenters. The SMILES string of the molecule is CCC(CC)(CC)c1cccc(C(=O)c2ccccc2)n1. The van der Waals surface area contributed by atoms with Crippen LogP contribution >= 0.6 is 0 Å². The van der Waals surface area contributed by atoms with Gasteiger partial charge in [-0.3, -0.25) is 4.79 Å². The van der Waals surface area contributed by atoms with Gasteiger partial charge < -0.3 is 0 Å². The zero-order chi connectivity index (χ0) is 15.3. The number of benzene rings is 1. The zero-order valence-electron chi connectivity index (χ0n) is 13.1. The minimum absolute atomic E-state index is 0.00495. The molecule has 110 valence electrons. The number of rotatable bonds is 6. The molecule has 2 rings (SSSR count). The summed E-state index contributed by atoms with van der Waals surface area (Å²) in [6, 6.07) is 15.2. The van der Waals surface area contributed by atoms with E-state index in [0.29, 0.717) is 11.3 Å². The fourth-order valence-electron chi connectivity index (χ4n) is 2.89. The molecule has 0 atom stereocenters. The Morgan fingerprint density at radius 1 is 0.905 bits per heavy atom. The van der Waals surface area contributed by atoms with Crippen LogP contribution in [-0.2, 0) is 5.41 Å². The van der Waals surface area contributed by atoms with E-state index in [1.807, 2.05) is 42.5 Å². The minimum atomic E-state index is -0.00495. The van der Waals surface area contributed by atoms with E-state index in [1.165, 1.54) is 0 Å². The number of ketones is 1. The van der Waals surface area contributed by atoms with Crippen LogP contribution in [0, 0.1) is 0 Å². The van der Waals surface area contributed by atoms with Crippen LogP contribution in [0.4, 0.5) is 0 Å². The van der Waals surface area contributed by atoms with Gasteiger partial charge in [-0.25, -0.2) is 4.98 Å². The van der Waals surface area contributed by atoms with Crippen molar-refractivity contribution in [3.8, 4) is 0 Å². The summed E-state index contributed by atoms with van der Waals surface area (Å²) in [4.78, 5) is 17.2. The molecule has 0 N–H and O–H groups in total. The van der Waals surface area contributed by atoms with Crippen molar-refractivity contribution in [2.24, 2.45) is 0 Å². The van der Waals surface area contributed by atoms with Gasteiger partial charge in [0.25, 0.3) is 0 Å². The summed E-state index contributed by atoms with van der Waals surface area (Å²) in [5.41, 5.74) is 2.35. The lowest BCUT2D eigenvalue weighted by atomic mass is 9.76. The molecule has 0 fully saturated rings. The molecule has 2 aromatic rings. The van der Waals surface area contributed by atoms with Gasteiger partial charge in [0.2, 0.25) is 5.78 Å². The summed E-state index contributed by atoms with van der Waals surface area (Å²) in [6.07, 6.45) is 3.11. The predicted molar refractivity (Wildman–Crippen MR) is 86.7 cm³/mol. The highest BCUT2D eigenvalue weighted by Gasteiger charge is 2.28. The molecule has 1 heterocycles. The van der Waals surface area contributed by atoms with E-state index in [9.17, 15) is 4.79 Å². The highest BCUT2D eigenvalue weighted by atomic mass is 16.1. The van der Waals surface area contributed by atoms with Gasteiger partial charge in [-0.05, 0) is 31.4 Å². The summed E-state index contributed by atoms with van der Waals surface area (Å²) in [7, 11) is 0. The number of nitrogens with zero attached hydrogens (tertiary/aromatic N) is 1. The Morgan fingerprint density at radius 3 is 2.10 bits per heavy atom. The highest BCUT2D eigenvalue weighted by Crippen LogP contribution is 2.33. The molecule has 2 nitrogen and oxygen atoms in total. The third-order valence-corrected chi connectivity index (χ3v) is 4.59. The molecule has 0 aliphatic rings. The monoisotopic (exact) mass is 281 g/mol. The molecule has 0 spiro atoms. The average Bonchev–Trinajstić information content (AvgIpc) is 2.57. The Hall–Kier alpha value is -1.96. The van der Waals surface area contributed by atoms with Crippen LogP contribution in [0.3, 0.4) is 0 Å². The molecule has 0 radical (unpaired) electrons. The second-order valence-corrected chi connectivity index (χ2v) is 5.44. The van der Waals surface area contributed by atoms with Crippen molar-refractivity contribution < 1.29 is 4.79 Å². The first kappa shape index (κ1) is 15.4. The number of pyridine rings is 1. The predicted octanol–water partition coefficient (Wildman–Crippen LogP) is 4.78. The maximum Gasteiger partial charge on any atom is 0.211 e. The molecule has 0 bridgehead atoms. The van der Waals surface area contributed by atoms with Gasteiger partial charge in [-0.15, -0.1) is 0 Å². The Labute approximate surface area is 127 Å². The van der Waals surface area contributed by atoms with E-state index in [2.05, 4.69) is 31.8 Å².